The molecular formula is C19H30N3O4S+. The topological polar surface area (TPSA) is 88.9 Å². The largest absolute Gasteiger partial charge is 0.465 e. The summed E-state index contributed by atoms with van der Waals surface area (Å²) in [5, 5.41) is 6.26. The Kier molecular flexibility index (Phi) is 7.79. The first-order chi connectivity index (χ1) is 12.8. The summed E-state index contributed by atoms with van der Waals surface area (Å²) in [5.74, 6) is -0.707. The molecule has 27 heavy (non-hydrogen) atoms. The van der Waals surface area contributed by atoms with Gasteiger partial charge in [-0.2, -0.15) is 0 Å². The Morgan fingerprint density at radius 1 is 1.11 bits per heavy atom. The SMILES string of the molecule is COC(=O)c1c(NC(=O)C[NH+](C)CC(=O)NC(C)C)sc2c1CCCCC2. The van der Waals surface area contributed by atoms with Crippen LogP contribution in [-0.2, 0) is 27.2 Å². The number of thiophene rings is 1. The fourth-order valence-electron chi connectivity index (χ4n) is 3.30. The Balaban J connectivity index is 2.06. The highest BCUT2D eigenvalue weighted by Crippen LogP contribution is 2.37. The van der Waals surface area contributed by atoms with Crippen molar-refractivity contribution in [2.24, 2.45) is 0 Å². The molecule has 1 heterocycles. The molecule has 0 saturated heterocycles. The molecule has 0 aromatic carbocycles. The van der Waals surface area contributed by atoms with E-state index in [1.165, 1.54) is 23.3 Å². The molecule has 2 rings (SSSR count). The molecule has 7 nitrogen and oxygen atoms in total. The van der Waals surface area contributed by atoms with Gasteiger partial charge in [-0.25, -0.2) is 4.79 Å². The number of aryl methyl sites for hydroxylation is 1. The van der Waals surface area contributed by atoms with Crippen LogP contribution in [0.1, 0.15) is 53.9 Å². The number of quaternary nitrogens is 1. The number of hydrogen-bond donors (Lipinski definition) is 3. The van der Waals surface area contributed by atoms with Crippen molar-refractivity contribution in [1.82, 2.24) is 5.32 Å². The van der Waals surface area contributed by atoms with E-state index in [2.05, 4.69) is 10.6 Å². The van der Waals surface area contributed by atoms with Crippen LogP contribution in [0.3, 0.4) is 0 Å². The van der Waals surface area contributed by atoms with Gasteiger partial charge in [0.1, 0.15) is 5.00 Å². The van der Waals surface area contributed by atoms with Crippen LogP contribution in [0.4, 0.5) is 5.00 Å². The zero-order valence-electron chi connectivity index (χ0n) is 16.6. The molecule has 0 spiro atoms. The number of hydrogen-bond acceptors (Lipinski definition) is 5. The second-order valence-corrected chi connectivity index (χ2v) is 8.45. The van der Waals surface area contributed by atoms with Gasteiger partial charge in [0.15, 0.2) is 13.1 Å². The van der Waals surface area contributed by atoms with Gasteiger partial charge in [-0.3, -0.25) is 9.59 Å². The number of amides is 2. The maximum Gasteiger partial charge on any atom is 0.341 e. The zero-order chi connectivity index (χ0) is 20.0. The number of rotatable bonds is 7. The smallest absolute Gasteiger partial charge is 0.341 e. The predicted molar refractivity (Wildman–Crippen MR) is 105 cm³/mol. The van der Waals surface area contributed by atoms with Crippen LogP contribution in [0.2, 0.25) is 0 Å². The number of carbonyl (C=O) groups is 3. The minimum atomic E-state index is -0.401. The summed E-state index contributed by atoms with van der Waals surface area (Å²) in [6, 6.07) is 0.0725. The summed E-state index contributed by atoms with van der Waals surface area (Å²) in [6.07, 6.45) is 5.06. The van der Waals surface area contributed by atoms with Crippen molar-refractivity contribution < 1.29 is 24.0 Å². The van der Waals surface area contributed by atoms with Gasteiger partial charge in [0.2, 0.25) is 0 Å². The number of methoxy groups -OCH3 is 1. The fraction of sp³-hybridized carbons (Fsp3) is 0.632. The van der Waals surface area contributed by atoms with E-state index in [1.807, 2.05) is 13.8 Å². The number of carbonyl (C=O) groups excluding carboxylic acids is 3. The van der Waals surface area contributed by atoms with E-state index in [9.17, 15) is 14.4 Å². The van der Waals surface area contributed by atoms with E-state index in [-0.39, 0.29) is 30.9 Å². The van der Waals surface area contributed by atoms with E-state index >= 15 is 0 Å². The van der Waals surface area contributed by atoms with Gasteiger partial charge in [-0.05, 0) is 45.1 Å². The number of likely N-dealkylation sites (N-methyl/N-ethyl adjacent to an activating group) is 1. The van der Waals surface area contributed by atoms with Gasteiger partial charge in [-0.1, -0.05) is 6.42 Å². The average Bonchev–Trinajstić information content (AvgIpc) is 2.74. The number of nitrogens with one attached hydrogen (secondary N) is 3. The van der Waals surface area contributed by atoms with Crippen molar-refractivity contribution in [1.29, 1.82) is 0 Å². The third kappa shape index (κ3) is 6.04. The summed E-state index contributed by atoms with van der Waals surface area (Å²) in [6.45, 7) is 4.16. The van der Waals surface area contributed by atoms with Crippen molar-refractivity contribution in [2.75, 3.05) is 32.6 Å². The van der Waals surface area contributed by atoms with Crippen molar-refractivity contribution in [3.63, 3.8) is 0 Å². The average molecular weight is 397 g/mol. The van der Waals surface area contributed by atoms with Gasteiger partial charge < -0.3 is 20.3 Å². The molecule has 3 N–H and O–H groups in total. The number of anilines is 1. The third-order valence-corrected chi connectivity index (χ3v) is 5.65. The van der Waals surface area contributed by atoms with Gasteiger partial charge in [-0.15, -0.1) is 11.3 Å². The molecule has 1 atom stereocenters. The molecule has 1 unspecified atom stereocenters. The molecule has 0 aliphatic heterocycles. The second kappa shape index (κ2) is 9.85. The molecule has 1 aromatic rings. The van der Waals surface area contributed by atoms with Crippen LogP contribution in [-0.4, -0.2) is 51.1 Å². The molecule has 2 amide bonds. The second-order valence-electron chi connectivity index (χ2n) is 7.34. The first-order valence-electron chi connectivity index (χ1n) is 9.45. The quantitative estimate of drug-likeness (QED) is 0.469. The minimum Gasteiger partial charge on any atom is -0.465 e. The molecule has 8 heteroatoms. The van der Waals surface area contributed by atoms with Crippen LogP contribution in [0.25, 0.3) is 0 Å². The van der Waals surface area contributed by atoms with E-state index in [0.717, 1.165) is 42.6 Å². The van der Waals surface area contributed by atoms with Crippen LogP contribution in [0.5, 0.6) is 0 Å². The standard InChI is InChI=1S/C19H29N3O4S/c1-12(2)20-15(23)10-22(3)11-16(24)21-18-17(19(25)26-4)13-8-6-5-7-9-14(13)27-18/h12H,5-11H2,1-4H3,(H,20,23)(H,21,24)/p+1. The summed E-state index contributed by atoms with van der Waals surface area (Å²) < 4.78 is 4.95. The van der Waals surface area contributed by atoms with E-state index in [4.69, 9.17) is 4.74 Å². The normalized spacial score (nSPS) is 14.9. The molecule has 0 fully saturated rings. The summed E-state index contributed by atoms with van der Waals surface area (Å²) in [7, 11) is 3.16. The third-order valence-electron chi connectivity index (χ3n) is 4.44. The Bertz CT molecular complexity index is 699. The van der Waals surface area contributed by atoms with Crippen LogP contribution >= 0.6 is 11.3 Å². The lowest BCUT2D eigenvalue weighted by Crippen LogP contribution is -3.11. The maximum atomic E-state index is 12.5. The molecule has 150 valence electrons. The first kappa shape index (κ1) is 21.4. The van der Waals surface area contributed by atoms with Crippen LogP contribution < -0.4 is 15.5 Å². The van der Waals surface area contributed by atoms with Crippen LogP contribution in [0.15, 0.2) is 0 Å². The highest BCUT2D eigenvalue weighted by Gasteiger charge is 2.27. The lowest BCUT2D eigenvalue weighted by atomic mass is 10.1. The first-order valence-corrected chi connectivity index (χ1v) is 10.3. The molecule has 0 bridgehead atoms. The fourth-order valence-corrected chi connectivity index (χ4v) is 4.60. The lowest BCUT2D eigenvalue weighted by Gasteiger charge is -2.15. The van der Waals surface area contributed by atoms with E-state index in [1.54, 1.807) is 7.05 Å². The number of ether oxygens (including phenoxy) is 1. The van der Waals surface area contributed by atoms with E-state index < -0.39 is 5.97 Å². The maximum absolute atomic E-state index is 12.5. The Labute approximate surface area is 164 Å². The number of fused-ring (bicyclic) bond motifs is 1. The number of esters is 1. The highest BCUT2D eigenvalue weighted by molar-refractivity contribution is 7.17. The summed E-state index contributed by atoms with van der Waals surface area (Å²) >= 11 is 1.48. The van der Waals surface area contributed by atoms with Crippen molar-refractivity contribution in [2.45, 2.75) is 52.0 Å². The van der Waals surface area contributed by atoms with Crippen molar-refractivity contribution in [3.8, 4) is 0 Å². The Hall–Kier alpha value is -1.93. The van der Waals surface area contributed by atoms with Crippen molar-refractivity contribution >= 4 is 34.1 Å². The van der Waals surface area contributed by atoms with Gasteiger partial charge in [0.25, 0.3) is 11.8 Å². The predicted octanol–water partition coefficient (Wildman–Crippen LogP) is 0.781. The molecule has 0 radical (unpaired) electrons. The van der Waals surface area contributed by atoms with Crippen LogP contribution in [0, 0.1) is 0 Å². The summed E-state index contributed by atoms with van der Waals surface area (Å²) in [4.78, 5) is 38.5. The molecular weight excluding hydrogens is 366 g/mol. The zero-order valence-corrected chi connectivity index (χ0v) is 17.4. The van der Waals surface area contributed by atoms with E-state index in [0.29, 0.717) is 10.6 Å². The monoisotopic (exact) mass is 396 g/mol. The molecule has 1 aliphatic carbocycles. The molecule has 1 aliphatic rings. The van der Waals surface area contributed by atoms with Gasteiger partial charge in [0.05, 0.1) is 19.7 Å². The van der Waals surface area contributed by atoms with Gasteiger partial charge >= 0.3 is 5.97 Å². The van der Waals surface area contributed by atoms with Crippen molar-refractivity contribution in [3.05, 3.63) is 16.0 Å². The summed E-state index contributed by atoms with van der Waals surface area (Å²) in [5.41, 5.74) is 1.53. The Morgan fingerprint density at radius 2 is 1.78 bits per heavy atom. The molecule has 1 aromatic heterocycles. The molecule has 0 saturated carbocycles. The Morgan fingerprint density at radius 3 is 2.44 bits per heavy atom. The highest BCUT2D eigenvalue weighted by atomic mass is 32.1. The minimum absolute atomic E-state index is 0.0725. The lowest BCUT2D eigenvalue weighted by molar-refractivity contribution is -0.862. The van der Waals surface area contributed by atoms with Gasteiger partial charge in [0, 0.05) is 10.9 Å².